The van der Waals surface area contributed by atoms with Gasteiger partial charge in [0.15, 0.2) is 0 Å². The number of hydrogen-bond acceptors (Lipinski definition) is 10. The standard InChI is InChI=1S/C14H14N2O10S2/c17-15(18)11-5-3-9(13(7-11)27(21,22)23)1-2-10-4-6-12(16(19)20)8-14(10)28(24,25)26/h1-8,17-20H,(H,21,22,23)(H,24,25,26). The monoisotopic (exact) mass is 434 g/mol. The average Bonchev–Trinajstić information content (AvgIpc) is 2.57. The van der Waals surface area contributed by atoms with Gasteiger partial charge in [0.25, 0.3) is 20.2 Å². The van der Waals surface area contributed by atoms with Crippen LogP contribution in [0.15, 0.2) is 46.2 Å². The highest BCUT2D eigenvalue weighted by Gasteiger charge is 2.18. The first kappa shape index (κ1) is 21.7. The van der Waals surface area contributed by atoms with E-state index in [1.54, 1.807) is 0 Å². The molecular weight excluding hydrogens is 420 g/mol. The summed E-state index contributed by atoms with van der Waals surface area (Å²) in [7, 11) is -9.58. The fourth-order valence-corrected chi connectivity index (χ4v) is 3.60. The van der Waals surface area contributed by atoms with Crippen molar-refractivity contribution < 1.29 is 46.8 Å². The van der Waals surface area contributed by atoms with Crippen molar-refractivity contribution in [1.29, 1.82) is 0 Å². The van der Waals surface area contributed by atoms with E-state index in [9.17, 15) is 25.9 Å². The second kappa shape index (κ2) is 7.82. The molecule has 2 rings (SSSR count). The van der Waals surface area contributed by atoms with Crippen molar-refractivity contribution in [3.8, 4) is 0 Å². The molecule has 12 nitrogen and oxygen atoms in total. The Labute approximate surface area is 158 Å². The maximum absolute atomic E-state index is 11.5. The Bertz CT molecular complexity index is 1040. The number of anilines is 2. The van der Waals surface area contributed by atoms with Gasteiger partial charge in [-0.3, -0.25) is 29.9 Å². The van der Waals surface area contributed by atoms with E-state index >= 15 is 0 Å². The van der Waals surface area contributed by atoms with Gasteiger partial charge in [-0.25, -0.2) is 0 Å². The highest BCUT2D eigenvalue weighted by molar-refractivity contribution is 7.86. The minimum Gasteiger partial charge on any atom is -0.282 e. The maximum atomic E-state index is 11.5. The predicted octanol–water partition coefficient (Wildman–Crippen LogP) is 1.52. The smallest absolute Gasteiger partial charge is 0.282 e. The SMILES string of the molecule is O=S(=O)(O)c1cc(N(O)O)ccc1C=Cc1ccc(N(O)O)cc1S(=O)(=O)O. The van der Waals surface area contributed by atoms with Crippen LogP contribution >= 0.6 is 0 Å². The van der Waals surface area contributed by atoms with E-state index in [1.807, 2.05) is 0 Å². The molecule has 0 saturated heterocycles. The van der Waals surface area contributed by atoms with Crippen LogP contribution in [0.25, 0.3) is 12.2 Å². The zero-order valence-corrected chi connectivity index (χ0v) is 15.3. The van der Waals surface area contributed by atoms with Crippen LogP contribution in [0.2, 0.25) is 0 Å². The lowest BCUT2D eigenvalue weighted by Crippen LogP contribution is -2.12. The zero-order chi connectivity index (χ0) is 21.3. The van der Waals surface area contributed by atoms with Crippen LogP contribution in [0.3, 0.4) is 0 Å². The molecule has 2 aromatic rings. The molecule has 0 unspecified atom stereocenters. The molecule has 0 aliphatic carbocycles. The summed E-state index contributed by atoms with van der Waals surface area (Å²) in [5.74, 6) is 0. The summed E-state index contributed by atoms with van der Waals surface area (Å²) in [6.07, 6.45) is 2.15. The van der Waals surface area contributed by atoms with Gasteiger partial charge < -0.3 is 0 Å². The molecule has 0 aromatic heterocycles. The van der Waals surface area contributed by atoms with E-state index < -0.39 is 30.0 Å². The summed E-state index contributed by atoms with van der Waals surface area (Å²) in [6, 6.07) is 5.87. The maximum Gasteiger partial charge on any atom is 0.295 e. The molecule has 2 aromatic carbocycles. The van der Waals surface area contributed by atoms with Gasteiger partial charge in [0.1, 0.15) is 9.79 Å². The second-order valence-electron chi connectivity index (χ2n) is 5.31. The Kier molecular flexibility index (Phi) is 6.07. The van der Waals surface area contributed by atoms with Crippen molar-refractivity contribution in [3.05, 3.63) is 47.5 Å². The number of nitrogens with zero attached hydrogens (tertiary/aromatic N) is 2. The van der Waals surface area contributed by atoms with Crippen molar-refractivity contribution in [2.24, 2.45) is 0 Å². The molecule has 152 valence electrons. The topological polar surface area (TPSA) is 196 Å². The lowest BCUT2D eigenvalue weighted by atomic mass is 10.1. The molecule has 0 spiro atoms. The summed E-state index contributed by atoms with van der Waals surface area (Å²) < 4.78 is 64.7. The predicted molar refractivity (Wildman–Crippen MR) is 93.5 cm³/mol. The molecular formula is C14H14N2O10S2. The zero-order valence-electron chi connectivity index (χ0n) is 13.6. The molecule has 0 amide bonds. The van der Waals surface area contributed by atoms with Crippen LogP contribution < -0.4 is 10.5 Å². The Hall–Kier alpha value is -2.56. The summed E-state index contributed by atoms with van der Waals surface area (Å²) in [5.41, 5.74) is -1.05. The lowest BCUT2D eigenvalue weighted by Gasteiger charge is -2.12. The fraction of sp³-hybridized carbons (Fsp3) is 0. The first-order chi connectivity index (χ1) is 12.8. The first-order valence-electron chi connectivity index (χ1n) is 7.07. The Morgan fingerprint density at radius 3 is 1.21 bits per heavy atom. The van der Waals surface area contributed by atoms with Crippen molar-refractivity contribution >= 4 is 43.8 Å². The molecule has 0 radical (unpaired) electrons. The third kappa shape index (κ3) is 5.03. The van der Waals surface area contributed by atoms with Crippen LogP contribution in [-0.2, 0) is 20.2 Å². The molecule has 28 heavy (non-hydrogen) atoms. The third-order valence-corrected chi connectivity index (χ3v) is 5.27. The average molecular weight is 434 g/mol. The van der Waals surface area contributed by atoms with E-state index in [1.165, 1.54) is 0 Å². The van der Waals surface area contributed by atoms with Crippen molar-refractivity contribution in [3.63, 3.8) is 0 Å². The van der Waals surface area contributed by atoms with E-state index in [0.29, 0.717) is 0 Å². The third-order valence-electron chi connectivity index (χ3n) is 3.45. The lowest BCUT2D eigenvalue weighted by molar-refractivity contribution is 0.0284. The van der Waals surface area contributed by atoms with Crippen LogP contribution in [0.1, 0.15) is 11.1 Å². The summed E-state index contributed by atoms with van der Waals surface area (Å²) in [6.45, 7) is 0. The summed E-state index contributed by atoms with van der Waals surface area (Å²) >= 11 is 0. The molecule has 0 bridgehead atoms. The van der Waals surface area contributed by atoms with Crippen LogP contribution in [0.4, 0.5) is 11.4 Å². The molecule has 14 heteroatoms. The molecule has 0 fully saturated rings. The summed E-state index contributed by atoms with van der Waals surface area (Å²) in [4.78, 5) is -1.42. The molecule has 0 aliphatic heterocycles. The van der Waals surface area contributed by atoms with Gasteiger partial charge in [0, 0.05) is 0 Å². The van der Waals surface area contributed by atoms with E-state index in [2.05, 4.69) is 0 Å². The van der Waals surface area contributed by atoms with Gasteiger partial charge in [-0.2, -0.15) is 16.8 Å². The van der Waals surface area contributed by atoms with Crippen LogP contribution in [0.5, 0.6) is 0 Å². The van der Waals surface area contributed by atoms with Crippen LogP contribution in [0, 0.1) is 0 Å². The van der Waals surface area contributed by atoms with Gasteiger partial charge in [0.2, 0.25) is 0 Å². The Morgan fingerprint density at radius 2 is 0.964 bits per heavy atom. The molecule has 0 aliphatic rings. The van der Waals surface area contributed by atoms with E-state index in [0.717, 1.165) is 48.6 Å². The number of rotatable bonds is 6. The normalized spacial score (nSPS) is 12.4. The van der Waals surface area contributed by atoms with Gasteiger partial charge in [-0.05, 0) is 35.4 Å². The summed E-state index contributed by atoms with van der Waals surface area (Å²) in [5, 5.41) is 35.1. The Morgan fingerprint density at radius 1 is 0.643 bits per heavy atom. The number of benzene rings is 2. The highest BCUT2D eigenvalue weighted by atomic mass is 32.2. The first-order valence-corrected chi connectivity index (χ1v) is 9.95. The molecule has 0 heterocycles. The molecule has 0 atom stereocenters. The minimum atomic E-state index is -4.79. The van der Waals surface area contributed by atoms with E-state index in [-0.39, 0.29) is 33.0 Å². The van der Waals surface area contributed by atoms with E-state index in [4.69, 9.17) is 20.8 Å². The van der Waals surface area contributed by atoms with Crippen molar-refractivity contribution in [2.75, 3.05) is 10.5 Å². The molecule has 0 saturated carbocycles. The van der Waals surface area contributed by atoms with Crippen molar-refractivity contribution in [1.82, 2.24) is 0 Å². The molecule has 6 N–H and O–H groups in total. The quantitative estimate of drug-likeness (QED) is 0.218. The Balaban J connectivity index is 2.61. The fourth-order valence-electron chi connectivity index (χ4n) is 2.20. The minimum absolute atomic E-state index is 0.149. The second-order valence-corrected chi connectivity index (χ2v) is 8.09. The highest BCUT2D eigenvalue weighted by Crippen LogP contribution is 2.27. The number of hydrogen-bond donors (Lipinski definition) is 6. The van der Waals surface area contributed by atoms with Gasteiger partial charge in [-0.1, -0.05) is 24.3 Å². The van der Waals surface area contributed by atoms with Gasteiger partial charge in [-0.15, -0.1) is 10.5 Å². The van der Waals surface area contributed by atoms with Crippen LogP contribution in [-0.4, -0.2) is 46.8 Å². The van der Waals surface area contributed by atoms with Gasteiger partial charge >= 0.3 is 0 Å². The van der Waals surface area contributed by atoms with Crippen molar-refractivity contribution in [2.45, 2.75) is 9.79 Å². The largest absolute Gasteiger partial charge is 0.295 e. The van der Waals surface area contributed by atoms with Gasteiger partial charge in [0.05, 0.1) is 11.4 Å².